The Hall–Kier alpha value is -1.91. The molecule has 0 saturated carbocycles. The molecule has 0 aromatic heterocycles. The lowest BCUT2D eigenvalue weighted by Crippen LogP contribution is -3.06. The van der Waals surface area contributed by atoms with Gasteiger partial charge in [-0.1, -0.05) is 60.2 Å². The predicted molar refractivity (Wildman–Crippen MR) is 101 cm³/mol. The lowest BCUT2D eigenvalue weighted by Gasteiger charge is -2.22. The van der Waals surface area contributed by atoms with Crippen molar-refractivity contribution < 1.29 is 4.90 Å². The largest absolute Gasteiger partial charge is 0.357 e. The summed E-state index contributed by atoms with van der Waals surface area (Å²) >= 11 is 5.48. The molecular formula is C19H26N3S+. The maximum absolute atomic E-state index is 5.48. The zero-order valence-electron chi connectivity index (χ0n) is 14.1. The van der Waals surface area contributed by atoms with Gasteiger partial charge in [0.05, 0.1) is 33.2 Å². The van der Waals surface area contributed by atoms with Gasteiger partial charge >= 0.3 is 0 Å². The Morgan fingerprint density at radius 3 is 2.22 bits per heavy atom. The van der Waals surface area contributed by atoms with Gasteiger partial charge in [0.25, 0.3) is 0 Å². The van der Waals surface area contributed by atoms with Gasteiger partial charge in [-0.25, -0.2) is 0 Å². The van der Waals surface area contributed by atoms with Crippen molar-refractivity contribution in [2.75, 3.05) is 27.2 Å². The van der Waals surface area contributed by atoms with Crippen molar-refractivity contribution in [3.8, 4) is 0 Å². The molecule has 0 spiro atoms. The Labute approximate surface area is 144 Å². The molecule has 0 aliphatic rings. The van der Waals surface area contributed by atoms with Crippen molar-refractivity contribution in [1.82, 2.24) is 10.6 Å². The molecule has 4 heteroatoms. The summed E-state index contributed by atoms with van der Waals surface area (Å²) in [6.07, 6.45) is 0. The molecule has 2 aromatic carbocycles. The van der Waals surface area contributed by atoms with Crippen molar-refractivity contribution in [2.45, 2.75) is 13.0 Å². The molecule has 3 nitrogen and oxygen atoms in total. The fraction of sp³-hybridized carbons (Fsp3) is 0.316. The Balaban J connectivity index is 2.11. The van der Waals surface area contributed by atoms with Crippen molar-refractivity contribution in [1.29, 1.82) is 0 Å². The SMILES string of the molecule is Cc1ccc([C@H](NC(=S)NCC[NH+](C)C)c2ccccc2)cc1. The van der Waals surface area contributed by atoms with E-state index in [2.05, 4.69) is 80.2 Å². The minimum atomic E-state index is 0.0588. The van der Waals surface area contributed by atoms with E-state index in [1.807, 2.05) is 6.07 Å². The molecule has 2 aromatic rings. The van der Waals surface area contributed by atoms with Gasteiger partial charge in [-0.2, -0.15) is 0 Å². The molecule has 0 fully saturated rings. The van der Waals surface area contributed by atoms with E-state index < -0.39 is 0 Å². The molecule has 0 aliphatic heterocycles. The van der Waals surface area contributed by atoms with Crippen LogP contribution in [-0.4, -0.2) is 32.3 Å². The summed E-state index contributed by atoms with van der Waals surface area (Å²) in [5, 5.41) is 7.44. The number of rotatable bonds is 6. The molecule has 0 saturated heterocycles. The van der Waals surface area contributed by atoms with Gasteiger partial charge in [-0.15, -0.1) is 0 Å². The van der Waals surface area contributed by atoms with Crippen LogP contribution in [0.15, 0.2) is 54.6 Å². The number of quaternary nitrogens is 1. The van der Waals surface area contributed by atoms with Gasteiger partial charge in [0.2, 0.25) is 0 Å². The van der Waals surface area contributed by atoms with Crippen molar-refractivity contribution in [2.24, 2.45) is 0 Å². The summed E-state index contributed by atoms with van der Waals surface area (Å²) in [5.74, 6) is 0. The van der Waals surface area contributed by atoms with E-state index in [0.29, 0.717) is 5.11 Å². The average molecular weight is 329 g/mol. The number of benzene rings is 2. The third-order valence-electron chi connectivity index (χ3n) is 3.73. The van der Waals surface area contributed by atoms with E-state index in [0.717, 1.165) is 13.1 Å². The summed E-state index contributed by atoms with van der Waals surface area (Å²) in [4.78, 5) is 1.40. The fourth-order valence-corrected chi connectivity index (χ4v) is 2.59. The monoisotopic (exact) mass is 328 g/mol. The number of hydrogen-bond acceptors (Lipinski definition) is 1. The minimum Gasteiger partial charge on any atom is -0.357 e. The van der Waals surface area contributed by atoms with Crippen molar-refractivity contribution >= 4 is 17.3 Å². The first-order valence-electron chi connectivity index (χ1n) is 8.01. The van der Waals surface area contributed by atoms with Crippen LogP contribution in [0.3, 0.4) is 0 Å². The maximum atomic E-state index is 5.48. The second kappa shape index (κ2) is 8.65. The Kier molecular flexibility index (Phi) is 6.56. The van der Waals surface area contributed by atoms with E-state index >= 15 is 0 Å². The topological polar surface area (TPSA) is 28.5 Å². The minimum absolute atomic E-state index is 0.0588. The maximum Gasteiger partial charge on any atom is 0.167 e. The number of thiocarbonyl (C=S) groups is 1. The van der Waals surface area contributed by atoms with Gasteiger partial charge in [0.15, 0.2) is 5.11 Å². The Morgan fingerprint density at radius 2 is 1.61 bits per heavy atom. The van der Waals surface area contributed by atoms with E-state index in [4.69, 9.17) is 12.2 Å². The van der Waals surface area contributed by atoms with Crippen LogP contribution in [0.1, 0.15) is 22.7 Å². The second-order valence-corrected chi connectivity index (χ2v) is 6.52. The first-order valence-corrected chi connectivity index (χ1v) is 8.42. The van der Waals surface area contributed by atoms with Crippen LogP contribution >= 0.6 is 12.2 Å². The second-order valence-electron chi connectivity index (χ2n) is 6.11. The molecule has 0 unspecified atom stereocenters. The zero-order valence-corrected chi connectivity index (χ0v) is 14.9. The summed E-state index contributed by atoms with van der Waals surface area (Å²) in [6, 6.07) is 19.1. The molecule has 0 radical (unpaired) electrons. The highest BCUT2D eigenvalue weighted by molar-refractivity contribution is 7.80. The lowest BCUT2D eigenvalue weighted by molar-refractivity contribution is -0.856. The first-order chi connectivity index (χ1) is 11.1. The van der Waals surface area contributed by atoms with E-state index in [-0.39, 0.29) is 6.04 Å². The lowest BCUT2D eigenvalue weighted by atomic mass is 9.98. The smallest absolute Gasteiger partial charge is 0.167 e. The molecule has 0 bridgehead atoms. The van der Waals surface area contributed by atoms with Crippen LogP contribution in [0.25, 0.3) is 0 Å². The summed E-state index contributed by atoms with van der Waals surface area (Å²) in [6.45, 7) is 4.00. The van der Waals surface area contributed by atoms with E-state index in [9.17, 15) is 0 Å². The molecule has 0 amide bonds. The highest BCUT2D eigenvalue weighted by atomic mass is 32.1. The Bertz CT molecular complexity index is 608. The van der Waals surface area contributed by atoms with Crippen LogP contribution in [0.5, 0.6) is 0 Å². The van der Waals surface area contributed by atoms with Crippen molar-refractivity contribution in [3.05, 3.63) is 71.3 Å². The molecule has 0 heterocycles. The number of hydrogen-bond donors (Lipinski definition) is 3. The number of nitrogens with one attached hydrogen (secondary N) is 3. The molecular weight excluding hydrogens is 302 g/mol. The normalized spacial score (nSPS) is 12.0. The summed E-state index contributed by atoms with van der Waals surface area (Å²) < 4.78 is 0. The van der Waals surface area contributed by atoms with E-state index in [1.165, 1.54) is 21.6 Å². The third-order valence-corrected chi connectivity index (χ3v) is 3.99. The van der Waals surface area contributed by atoms with Crippen LogP contribution < -0.4 is 15.5 Å². The summed E-state index contributed by atoms with van der Waals surface area (Å²) in [7, 11) is 4.27. The first kappa shape index (κ1) is 17.4. The highest BCUT2D eigenvalue weighted by Gasteiger charge is 2.14. The molecule has 0 aliphatic carbocycles. The van der Waals surface area contributed by atoms with Crippen LogP contribution in [0.2, 0.25) is 0 Å². The highest BCUT2D eigenvalue weighted by Crippen LogP contribution is 2.22. The molecule has 23 heavy (non-hydrogen) atoms. The van der Waals surface area contributed by atoms with Gasteiger partial charge in [-0.3, -0.25) is 0 Å². The zero-order chi connectivity index (χ0) is 16.7. The molecule has 1 atom stereocenters. The van der Waals surface area contributed by atoms with Crippen LogP contribution in [0, 0.1) is 6.92 Å². The quantitative estimate of drug-likeness (QED) is 0.705. The van der Waals surface area contributed by atoms with Gasteiger partial charge in [0.1, 0.15) is 0 Å². The third kappa shape index (κ3) is 5.66. The van der Waals surface area contributed by atoms with Gasteiger partial charge < -0.3 is 15.5 Å². The molecule has 2 rings (SSSR count). The molecule has 122 valence electrons. The van der Waals surface area contributed by atoms with Crippen molar-refractivity contribution in [3.63, 3.8) is 0 Å². The predicted octanol–water partition coefficient (Wildman–Crippen LogP) is 1.69. The average Bonchev–Trinajstić information content (AvgIpc) is 2.54. The van der Waals surface area contributed by atoms with Crippen LogP contribution in [-0.2, 0) is 0 Å². The summed E-state index contributed by atoms with van der Waals surface area (Å²) in [5.41, 5.74) is 3.68. The fourth-order valence-electron chi connectivity index (χ4n) is 2.37. The van der Waals surface area contributed by atoms with Gasteiger partial charge in [0, 0.05) is 0 Å². The Morgan fingerprint density at radius 1 is 1.00 bits per heavy atom. The van der Waals surface area contributed by atoms with Crippen LogP contribution in [0.4, 0.5) is 0 Å². The van der Waals surface area contributed by atoms with E-state index in [1.54, 1.807) is 0 Å². The number of likely N-dealkylation sites (N-methyl/N-ethyl adjacent to an activating group) is 1. The van der Waals surface area contributed by atoms with Gasteiger partial charge in [-0.05, 0) is 30.3 Å². The number of aryl methyl sites for hydroxylation is 1. The molecule has 3 N–H and O–H groups in total. The standard InChI is InChI=1S/C19H25N3S/c1-15-9-11-17(12-10-15)18(16-7-5-4-6-8-16)21-19(23)20-13-14-22(2)3/h4-12,18H,13-14H2,1-3H3,(H2,20,21,23)/p+1/t18-/m1/s1.